The minimum absolute atomic E-state index is 0.101. The summed E-state index contributed by atoms with van der Waals surface area (Å²) in [4.78, 5) is 11.1. The number of methoxy groups -OCH3 is 1. The van der Waals surface area contributed by atoms with Crippen LogP contribution >= 0.6 is 0 Å². The van der Waals surface area contributed by atoms with Crippen molar-refractivity contribution in [2.75, 3.05) is 7.11 Å². The van der Waals surface area contributed by atoms with E-state index in [0.29, 0.717) is 0 Å². The van der Waals surface area contributed by atoms with Gasteiger partial charge in [0.2, 0.25) is 0 Å². The predicted molar refractivity (Wildman–Crippen MR) is 54.6 cm³/mol. The molecule has 0 aliphatic rings. The summed E-state index contributed by atoms with van der Waals surface area (Å²) in [6.45, 7) is 3.67. The molecule has 2 N–H and O–H groups in total. The second-order valence-electron chi connectivity index (χ2n) is 3.42. The first-order valence-corrected chi connectivity index (χ1v) is 4.53. The van der Waals surface area contributed by atoms with Crippen molar-refractivity contribution in [2.45, 2.75) is 20.0 Å². The molecule has 0 spiro atoms. The summed E-state index contributed by atoms with van der Waals surface area (Å²) in [6.07, 6.45) is -1.44. The van der Waals surface area contributed by atoms with E-state index in [9.17, 15) is 15.0 Å². The van der Waals surface area contributed by atoms with Crippen molar-refractivity contribution < 1.29 is 19.7 Å². The fraction of sp³-hybridized carbons (Fsp3) is 0.364. The Bertz CT molecular complexity index is 384. The van der Waals surface area contributed by atoms with Crippen LogP contribution in [0.5, 0.6) is 5.75 Å². The molecule has 4 nitrogen and oxygen atoms in total. The molecule has 0 aromatic heterocycles. The van der Waals surface area contributed by atoms with Gasteiger partial charge in [0.1, 0.15) is 5.75 Å². The van der Waals surface area contributed by atoms with E-state index in [1.165, 1.54) is 13.2 Å². The number of aryl methyl sites for hydroxylation is 2. The van der Waals surface area contributed by atoms with Gasteiger partial charge in [-0.25, -0.2) is 4.79 Å². The zero-order chi connectivity index (χ0) is 11.6. The molecule has 1 rings (SSSR count). The first-order chi connectivity index (χ1) is 6.97. The molecule has 15 heavy (non-hydrogen) atoms. The highest BCUT2D eigenvalue weighted by Gasteiger charge is 2.21. The third kappa shape index (κ3) is 2.27. The molecular weight excluding hydrogens is 196 g/mol. The van der Waals surface area contributed by atoms with Crippen LogP contribution in [0, 0.1) is 13.8 Å². The molecule has 0 saturated heterocycles. The summed E-state index contributed by atoms with van der Waals surface area (Å²) in [7, 11) is 1.18. The van der Waals surface area contributed by atoms with Crippen LogP contribution in [0.3, 0.4) is 0 Å². The number of aromatic hydroxyl groups is 1. The van der Waals surface area contributed by atoms with E-state index in [2.05, 4.69) is 4.74 Å². The maximum absolute atomic E-state index is 11.1. The van der Waals surface area contributed by atoms with Crippen LogP contribution in [0.2, 0.25) is 0 Å². The second kappa shape index (κ2) is 4.31. The maximum Gasteiger partial charge on any atom is 0.339 e. The van der Waals surface area contributed by atoms with Gasteiger partial charge in [-0.05, 0) is 37.1 Å². The maximum atomic E-state index is 11.1. The van der Waals surface area contributed by atoms with Gasteiger partial charge >= 0.3 is 5.97 Å². The molecule has 0 fully saturated rings. The van der Waals surface area contributed by atoms with Gasteiger partial charge in [0.15, 0.2) is 6.10 Å². The van der Waals surface area contributed by atoms with Gasteiger partial charge in [-0.3, -0.25) is 0 Å². The first kappa shape index (κ1) is 11.5. The molecular formula is C11H14O4. The Morgan fingerprint density at radius 2 is 1.87 bits per heavy atom. The predicted octanol–water partition coefficient (Wildman–Crippen LogP) is 1.22. The number of benzene rings is 1. The van der Waals surface area contributed by atoms with Gasteiger partial charge in [0, 0.05) is 5.56 Å². The molecule has 0 bridgehead atoms. The second-order valence-corrected chi connectivity index (χ2v) is 3.42. The highest BCUT2D eigenvalue weighted by molar-refractivity contribution is 5.77. The number of esters is 1. The molecule has 1 aromatic carbocycles. The van der Waals surface area contributed by atoms with Crippen LogP contribution in [0.15, 0.2) is 12.1 Å². The molecule has 0 aliphatic carbocycles. The molecule has 0 amide bonds. The van der Waals surface area contributed by atoms with E-state index >= 15 is 0 Å². The van der Waals surface area contributed by atoms with Gasteiger partial charge in [0.25, 0.3) is 0 Å². The number of phenolic OH excluding ortho intramolecular Hbond substituents is 1. The van der Waals surface area contributed by atoms with Crippen molar-refractivity contribution in [3.05, 3.63) is 28.8 Å². The van der Waals surface area contributed by atoms with Crippen molar-refractivity contribution in [1.82, 2.24) is 0 Å². The molecule has 1 atom stereocenters. The average Bonchev–Trinajstić information content (AvgIpc) is 2.21. The van der Waals surface area contributed by atoms with Gasteiger partial charge in [0.05, 0.1) is 7.11 Å². The van der Waals surface area contributed by atoms with Crippen molar-refractivity contribution in [3.63, 3.8) is 0 Å². The quantitative estimate of drug-likeness (QED) is 0.720. The lowest BCUT2D eigenvalue weighted by Gasteiger charge is -2.12. The lowest BCUT2D eigenvalue weighted by atomic mass is 10.0. The fourth-order valence-electron chi connectivity index (χ4n) is 1.28. The first-order valence-electron chi connectivity index (χ1n) is 4.53. The smallest absolute Gasteiger partial charge is 0.339 e. The normalized spacial score (nSPS) is 12.3. The number of aliphatic hydroxyl groups is 1. The lowest BCUT2D eigenvalue weighted by Crippen LogP contribution is -2.13. The van der Waals surface area contributed by atoms with Gasteiger partial charge in [-0.15, -0.1) is 0 Å². The van der Waals surface area contributed by atoms with Crippen LogP contribution in [0.1, 0.15) is 22.8 Å². The van der Waals surface area contributed by atoms with Crippen LogP contribution < -0.4 is 0 Å². The number of carbonyl (C=O) groups excluding carboxylic acids is 1. The van der Waals surface area contributed by atoms with E-state index in [-0.39, 0.29) is 11.3 Å². The molecule has 4 heteroatoms. The minimum atomic E-state index is -1.44. The summed E-state index contributed by atoms with van der Waals surface area (Å²) in [5, 5.41) is 19.1. The number of hydrogen-bond donors (Lipinski definition) is 2. The Labute approximate surface area is 88.1 Å². The van der Waals surface area contributed by atoms with Crippen molar-refractivity contribution in [1.29, 1.82) is 0 Å². The summed E-state index contributed by atoms with van der Waals surface area (Å²) in [5.74, 6) is -0.885. The summed E-state index contributed by atoms with van der Waals surface area (Å²) < 4.78 is 4.39. The standard InChI is InChI=1S/C11H14O4/c1-6-4-8(9(12)5-7(6)2)10(13)11(14)15-3/h4-5,10,12-13H,1-3H3. The molecule has 0 saturated carbocycles. The van der Waals surface area contributed by atoms with E-state index in [1.54, 1.807) is 6.07 Å². The summed E-state index contributed by atoms with van der Waals surface area (Å²) in [6, 6.07) is 3.09. The highest BCUT2D eigenvalue weighted by Crippen LogP contribution is 2.28. The number of carbonyl (C=O) groups is 1. The van der Waals surface area contributed by atoms with Crippen molar-refractivity contribution >= 4 is 5.97 Å². The molecule has 0 radical (unpaired) electrons. The number of rotatable bonds is 2. The molecule has 82 valence electrons. The topological polar surface area (TPSA) is 66.8 Å². The lowest BCUT2D eigenvalue weighted by molar-refractivity contribution is -0.150. The Kier molecular flexibility index (Phi) is 3.31. The van der Waals surface area contributed by atoms with Gasteiger partial charge in [-0.1, -0.05) is 0 Å². The Balaban J connectivity index is 3.14. The summed E-state index contributed by atoms with van der Waals surface area (Å²) in [5.41, 5.74) is 1.96. The molecule has 0 heterocycles. The zero-order valence-corrected chi connectivity index (χ0v) is 8.94. The molecule has 1 aromatic rings. The highest BCUT2D eigenvalue weighted by atomic mass is 16.5. The van der Waals surface area contributed by atoms with Crippen LogP contribution in [0.25, 0.3) is 0 Å². The van der Waals surface area contributed by atoms with E-state index in [4.69, 9.17) is 0 Å². The van der Waals surface area contributed by atoms with Crippen molar-refractivity contribution in [2.24, 2.45) is 0 Å². The third-order valence-electron chi connectivity index (χ3n) is 2.36. The van der Waals surface area contributed by atoms with E-state index < -0.39 is 12.1 Å². The number of ether oxygens (including phenoxy) is 1. The fourth-order valence-corrected chi connectivity index (χ4v) is 1.28. The number of hydrogen-bond acceptors (Lipinski definition) is 4. The minimum Gasteiger partial charge on any atom is -0.508 e. The number of phenols is 1. The van der Waals surface area contributed by atoms with Gasteiger partial charge in [-0.2, -0.15) is 0 Å². The third-order valence-corrected chi connectivity index (χ3v) is 2.36. The zero-order valence-electron chi connectivity index (χ0n) is 8.94. The Morgan fingerprint density at radius 1 is 1.33 bits per heavy atom. The summed E-state index contributed by atoms with van der Waals surface area (Å²) >= 11 is 0. The van der Waals surface area contributed by atoms with Crippen LogP contribution in [0.4, 0.5) is 0 Å². The van der Waals surface area contributed by atoms with Gasteiger partial charge < -0.3 is 14.9 Å². The Hall–Kier alpha value is -1.55. The van der Waals surface area contributed by atoms with Crippen LogP contribution in [-0.2, 0) is 9.53 Å². The van der Waals surface area contributed by atoms with E-state index in [0.717, 1.165) is 11.1 Å². The van der Waals surface area contributed by atoms with Crippen LogP contribution in [-0.4, -0.2) is 23.3 Å². The molecule has 0 aliphatic heterocycles. The Morgan fingerprint density at radius 3 is 2.40 bits per heavy atom. The number of aliphatic hydroxyl groups excluding tert-OH is 1. The monoisotopic (exact) mass is 210 g/mol. The van der Waals surface area contributed by atoms with E-state index in [1.807, 2.05) is 13.8 Å². The average molecular weight is 210 g/mol. The molecule has 1 unspecified atom stereocenters. The van der Waals surface area contributed by atoms with Crippen molar-refractivity contribution in [3.8, 4) is 5.75 Å². The SMILES string of the molecule is COC(=O)C(O)c1cc(C)c(C)cc1O. The largest absolute Gasteiger partial charge is 0.508 e.